The van der Waals surface area contributed by atoms with E-state index in [0.29, 0.717) is 13.0 Å². The van der Waals surface area contributed by atoms with Gasteiger partial charge in [0.05, 0.1) is 17.6 Å². The summed E-state index contributed by atoms with van der Waals surface area (Å²) in [5, 5.41) is 14.5. The van der Waals surface area contributed by atoms with Gasteiger partial charge < -0.3 is 20.5 Å². The molecule has 104 valence electrons. The van der Waals surface area contributed by atoms with Crippen molar-refractivity contribution < 1.29 is 19.4 Å². The van der Waals surface area contributed by atoms with Crippen molar-refractivity contribution in [1.29, 1.82) is 0 Å². The summed E-state index contributed by atoms with van der Waals surface area (Å²) in [6.45, 7) is 6.09. The van der Waals surface area contributed by atoms with Gasteiger partial charge in [0.25, 0.3) is 0 Å². The minimum atomic E-state index is -0.921. The number of rotatable bonds is 5. The van der Waals surface area contributed by atoms with Crippen LogP contribution < -0.4 is 10.6 Å². The fourth-order valence-corrected chi connectivity index (χ4v) is 1.77. The van der Waals surface area contributed by atoms with E-state index < -0.39 is 11.4 Å². The molecule has 6 nitrogen and oxygen atoms in total. The van der Waals surface area contributed by atoms with Crippen molar-refractivity contribution in [3.63, 3.8) is 0 Å². The van der Waals surface area contributed by atoms with Crippen molar-refractivity contribution in [1.82, 2.24) is 10.6 Å². The van der Waals surface area contributed by atoms with Gasteiger partial charge in [-0.15, -0.1) is 0 Å². The molecule has 1 fully saturated rings. The van der Waals surface area contributed by atoms with E-state index in [1.165, 1.54) is 0 Å². The van der Waals surface area contributed by atoms with Gasteiger partial charge >= 0.3 is 12.0 Å². The Labute approximate surface area is 107 Å². The number of nitrogens with one attached hydrogen (secondary N) is 2. The molecule has 1 aliphatic rings. The standard InChI is InChI=1S/C12H22N2O4/c1-4-12(3,10(15)16)7-13-11(17)14-9-5-6-18-8(9)2/h8-9H,4-7H2,1-3H3,(H,15,16)(H2,13,14,17). The summed E-state index contributed by atoms with van der Waals surface area (Å²) in [5.74, 6) is -0.900. The molecule has 3 atom stereocenters. The van der Waals surface area contributed by atoms with Crippen LogP contribution in [0.2, 0.25) is 0 Å². The third-order valence-corrected chi connectivity index (χ3v) is 3.63. The van der Waals surface area contributed by atoms with E-state index in [1.807, 2.05) is 6.92 Å². The van der Waals surface area contributed by atoms with Crippen LogP contribution in [0.5, 0.6) is 0 Å². The van der Waals surface area contributed by atoms with E-state index in [0.717, 1.165) is 6.42 Å². The second-order valence-electron chi connectivity index (χ2n) is 5.02. The van der Waals surface area contributed by atoms with Gasteiger partial charge in [0, 0.05) is 13.2 Å². The van der Waals surface area contributed by atoms with Gasteiger partial charge in [-0.1, -0.05) is 6.92 Å². The summed E-state index contributed by atoms with van der Waals surface area (Å²) >= 11 is 0. The molecule has 1 saturated heterocycles. The summed E-state index contributed by atoms with van der Waals surface area (Å²) in [7, 11) is 0. The Balaban J connectivity index is 2.39. The van der Waals surface area contributed by atoms with Crippen LogP contribution in [0.4, 0.5) is 4.79 Å². The van der Waals surface area contributed by atoms with Gasteiger partial charge in [0.2, 0.25) is 0 Å². The first-order valence-corrected chi connectivity index (χ1v) is 6.28. The Kier molecular flexibility index (Phi) is 4.95. The van der Waals surface area contributed by atoms with Crippen LogP contribution in [0.3, 0.4) is 0 Å². The van der Waals surface area contributed by atoms with Crippen LogP contribution in [0.25, 0.3) is 0 Å². The van der Waals surface area contributed by atoms with Crippen LogP contribution in [-0.2, 0) is 9.53 Å². The largest absolute Gasteiger partial charge is 0.481 e. The minimum absolute atomic E-state index is 0.00251. The first kappa shape index (κ1) is 14.8. The summed E-state index contributed by atoms with van der Waals surface area (Å²) in [6.07, 6.45) is 1.26. The Morgan fingerprint density at radius 2 is 2.17 bits per heavy atom. The molecule has 3 unspecified atom stereocenters. The fourth-order valence-electron chi connectivity index (χ4n) is 1.77. The number of aliphatic carboxylic acids is 1. The molecule has 3 N–H and O–H groups in total. The molecule has 0 radical (unpaired) electrons. The van der Waals surface area contributed by atoms with E-state index in [1.54, 1.807) is 13.8 Å². The number of hydrogen-bond acceptors (Lipinski definition) is 3. The molecule has 0 spiro atoms. The SMILES string of the molecule is CCC(C)(CNC(=O)NC1CCOC1C)C(=O)O. The van der Waals surface area contributed by atoms with Gasteiger partial charge in [-0.25, -0.2) is 4.79 Å². The van der Waals surface area contributed by atoms with Gasteiger partial charge in [0.1, 0.15) is 0 Å². The highest BCUT2D eigenvalue weighted by molar-refractivity contribution is 5.78. The molecular formula is C12H22N2O4. The summed E-state index contributed by atoms with van der Waals surface area (Å²) in [6, 6.07) is -0.332. The van der Waals surface area contributed by atoms with E-state index in [9.17, 15) is 9.59 Å². The lowest BCUT2D eigenvalue weighted by Crippen LogP contribution is -2.49. The second kappa shape index (κ2) is 6.04. The lowest BCUT2D eigenvalue weighted by molar-refractivity contribution is -0.147. The number of urea groups is 1. The van der Waals surface area contributed by atoms with E-state index in [4.69, 9.17) is 9.84 Å². The number of carboxylic acid groups (broad SMARTS) is 1. The smallest absolute Gasteiger partial charge is 0.315 e. The zero-order valence-corrected chi connectivity index (χ0v) is 11.2. The van der Waals surface area contributed by atoms with E-state index >= 15 is 0 Å². The molecule has 0 aromatic carbocycles. The van der Waals surface area contributed by atoms with Gasteiger partial charge in [-0.2, -0.15) is 0 Å². The Morgan fingerprint density at radius 1 is 1.50 bits per heavy atom. The molecule has 0 bridgehead atoms. The Morgan fingerprint density at radius 3 is 2.61 bits per heavy atom. The maximum atomic E-state index is 11.7. The van der Waals surface area contributed by atoms with Gasteiger partial charge in [0.15, 0.2) is 0 Å². The highest BCUT2D eigenvalue weighted by Crippen LogP contribution is 2.19. The van der Waals surface area contributed by atoms with E-state index in [2.05, 4.69) is 10.6 Å². The monoisotopic (exact) mass is 258 g/mol. The van der Waals surface area contributed by atoms with Crippen LogP contribution in [0, 0.1) is 5.41 Å². The lowest BCUT2D eigenvalue weighted by atomic mass is 9.88. The van der Waals surface area contributed by atoms with Gasteiger partial charge in [-0.3, -0.25) is 4.79 Å². The van der Waals surface area contributed by atoms with Crippen molar-refractivity contribution >= 4 is 12.0 Å². The Bertz CT molecular complexity index is 321. The van der Waals surface area contributed by atoms with Crippen LogP contribution >= 0.6 is 0 Å². The third kappa shape index (κ3) is 3.60. The third-order valence-electron chi connectivity index (χ3n) is 3.63. The van der Waals surface area contributed by atoms with Crippen LogP contribution in [-0.4, -0.2) is 42.4 Å². The lowest BCUT2D eigenvalue weighted by Gasteiger charge is -2.24. The van der Waals surface area contributed by atoms with Crippen molar-refractivity contribution in [3.8, 4) is 0 Å². The minimum Gasteiger partial charge on any atom is -0.481 e. The topological polar surface area (TPSA) is 87.7 Å². The number of amides is 2. The molecule has 18 heavy (non-hydrogen) atoms. The van der Waals surface area contributed by atoms with Crippen molar-refractivity contribution in [2.75, 3.05) is 13.2 Å². The molecule has 1 aliphatic heterocycles. The average Bonchev–Trinajstić information content (AvgIpc) is 2.71. The fraction of sp³-hybridized carbons (Fsp3) is 0.833. The molecule has 0 aromatic heterocycles. The molecule has 2 amide bonds. The second-order valence-corrected chi connectivity index (χ2v) is 5.02. The maximum absolute atomic E-state index is 11.7. The zero-order chi connectivity index (χ0) is 13.8. The predicted octanol–water partition coefficient (Wildman–Crippen LogP) is 0.964. The van der Waals surface area contributed by atoms with Gasteiger partial charge in [-0.05, 0) is 26.7 Å². The van der Waals surface area contributed by atoms with Crippen molar-refractivity contribution in [2.24, 2.45) is 5.41 Å². The molecule has 1 heterocycles. The molecule has 6 heteroatoms. The Hall–Kier alpha value is -1.30. The highest BCUT2D eigenvalue weighted by atomic mass is 16.5. The summed E-state index contributed by atoms with van der Waals surface area (Å²) in [5.41, 5.74) is -0.921. The first-order chi connectivity index (χ1) is 8.39. The number of hydrogen-bond donors (Lipinski definition) is 3. The predicted molar refractivity (Wildman–Crippen MR) is 66.4 cm³/mol. The summed E-state index contributed by atoms with van der Waals surface area (Å²) in [4.78, 5) is 22.7. The number of carbonyl (C=O) groups is 2. The molecule has 0 saturated carbocycles. The first-order valence-electron chi connectivity index (χ1n) is 6.28. The zero-order valence-electron chi connectivity index (χ0n) is 11.2. The van der Waals surface area contributed by atoms with E-state index in [-0.39, 0.29) is 24.7 Å². The van der Waals surface area contributed by atoms with Crippen molar-refractivity contribution in [3.05, 3.63) is 0 Å². The van der Waals surface area contributed by atoms with Crippen LogP contribution in [0.15, 0.2) is 0 Å². The number of ether oxygens (including phenoxy) is 1. The number of carboxylic acids is 1. The summed E-state index contributed by atoms with van der Waals surface area (Å²) < 4.78 is 5.33. The maximum Gasteiger partial charge on any atom is 0.315 e. The number of carbonyl (C=O) groups excluding carboxylic acids is 1. The molecular weight excluding hydrogens is 236 g/mol. The molecule has 1 rings (SSSR count). The van der Waals surface area contributed by atoms with Crippen LogP contribution in [0.1, 0.15) is 33.6 Å². The normalized spacial score (nSPS) is 26.4. The average molecular weight is 258 g/mol. The quantitative estimate of drug-likeness (QED) is 0.685. The highest BCUT2D eigenvalue weighted by Gasteiger charge is 2.32. The van der Waals surface area contributed by atoms with Crippen molar-refractivity contribution in [2.45, 2.75) is 45.8 Å². The molecule has 0 aromatic rings. The molecule has 0 aliphatic carbocycles.